The Balaban J connectivity index is 1.51. The highest BCUT2D eigenvalue weighted by atomic mass is 32.2. The maximum absolute atomic E-state index is 12.8. The van der Waals surface area contributed by atoms with Crippen molar-refractivity contribution in [2.24, 2.45) is 0 Å². The number of benzene rings is 1. The summed E-state index contributed by atoms with van der Waals surface area (Å²) in [4.78, 5) is 14.8. The number of piperidine rings is 1. The lowest BCUT2D eigenvalue weighted by Gasteiger charge is -2.39. The molecular formula is C21H30N2O4S. The predicted octanol–water partition coefficient (Wildman–Crippen LogP) is 2.11. The first kappa shape index (κ1) is 19.9. The first-order valence-corrected chi connectivity index (χ1v) is 12.0. The summed E-state index contributed by atoms with van der Waals surface area (Å²) in [5.41, 5.74) is 2.63. The molecule has 1 amide bonds. The van der Waals surface area contributed by atoms with E-state index in [0.29, 0.717) is 45.8 Å². The molecule has 0 saturated carbocycles. The molecular weight excluding hydrogens is 376 g/mol. The second-order valence-corrected chi connectivity index (χ2v) is 10.5. The second-order valence-electron chi connectivity index (χ2n) is 8.27. The van der Waals surface area contributed by atoms with E-state index in [-0.39, 0.29) is 23.0 Å². The monoisotopic (exact) mass is 406 g/mol. The van der Waals surface area contributed by atoms with Gasteiger partial charge in [0, 0.05) is 32.6 Å². The number of rotatable bonds is 4. The summed E-state index contributed by atoms with van der Waals surface area (Å²) >= 11 is 0. The predicted molar refractivity (Wildman–Crippen MR) is 108 cm³/mol. The summed E-state index contributed by atoms with van der Waals surface area (Å²) in [7, 11) is -3.13. The van der Waals surface area contributed by atoms with Gasteiger partial charge in [-0.15, -0.1) is 0 Å². The van der Waals surface area contributed by atoms with Crippen molar-refractivity contribution in [3.63, 3.8) is 0 Å². The molecule has 0 radical (unpaired) electrons. The van der Waals surface area contributed by atoms with Gasteiger partial charge in [-0.2, -0.15) is 0 Å². The Hall–Kier alpha value is -1.44. The lowest BCUT2D eigenvalue weighted by atomic mass is 9.73. The molecule has 4 rings (SSSR count). The average Bonchev–Trinajstić information content (AvgIpc) is 3.02. The van der Waals surface area contributed by atoms with Crippen LogP contribution in [-0.2, 0) is 25.0 Å². The van der Waals surface area contributed by atoms with Crippen LogP contribution in [0.5, 0.6) is 0 Å². The number of fused-ring (bicyclic) bond motifs is 2. The Morgan fingerprint density at radius 2 is 1.82 bits per heavy atom. The number of carbonyl (C=O) groups is 1. The van der Waals surface area contributed by atoms with Gasteiger partial charge in [0.25, 0.3) is 0 Å². The van der Waals surface area contributed by atoms with Crippen LogP contribution in [-0.4, -0.2) is 68.7 Å². The molecule has 1 unspecified atom stereocenters. The van der Waals surface area contributed by atoms with Crippen molar-refractivity contribution in [2.45, 2.75) is 43.9 Å². The number of carbonyl (C=O) groups excluding carboxylic acids is 1. The van der Waals surface area contributed by atoms with Gasteiger partial charge in [0.05, 0.1) is 19.0 Å². The van der Waals surface area contributed by atoms with E-state index < -0.39 is 10.0 Å². The standard InChI is InChI=1S/C21H30N2O4S/c1-2-28(25,26)23-9-7-21(8-10-23)16-17(18-5-3-4-6-19(18)21)15-20(24)22-11-13-27-14-12-22/h3-6,17H,2,7-16H2,1H3. The zero-order valence-electron chi connectivity index (χ0n) is 16.6. The van der Waals surface area contributed by atoms with Gasteiger partial charge in [0.2, 0.25) is 15.9 Å². The van der Waals surface area contributed by atoms with Crippen molar-refractivity contribution in [1.82, 2.24) is 9.21 Å². The summed E-state index contributed by atoms with van der Waals surface area (Å²) in [6, 6.07) is 8.48. The van der Waals surface area contributed by atoms with E-state index in [1.54, 1.807) is 11.2 Å². The third kappa shape index (κ3) is 3.60. The van der Waals surface area contributed by atoms with Crippen LogP contribution < -0.4 is 0 Å². The van der Waals surface area contributed by atoms with Crippen molar-refractivity contribution in [3.05, 3.63) is 35.4 Å². The topological polar surface area (TPSA) is 66.9 Å². The summed E-state index contributed by atoms with van der Waals surface area (Å²) in [5, 5.41) is 0. The normalized spacial score (nSPS) is 25.0. The van der Waals surface area contributed by atoms with Crippen LogP contribution in [0.15, 0.2) is 24.3 Å². The largest absolute Gasteiger partial charge is 0.378 e. The number of nitrogens with zero attached hydrogens (tertiary/aromatic N) is 2. The van der Waals surface area contributed by atoms with Gasteiger partial charge in [-0.05, 0) is 48.6 Å². The third-order valence-electron chi connectivity index (χ3n) is 6.83. The van der Waals surface area contributed by atoms with Crippen molar-refractivity contribution in [1.29, 1.82) is 0 Å². The molecule has 1 spiro atoms. The molecule has 7 heteroatoms. The van der Waals surface area contributed by atoms with Gasteiger partial charge in [-0.25, -0.2) is 12.7 Å². The van der Waals surface area contributed by atoms with Gasteiger partial charge < -0.3 is 9.64 Å². The van der Waals surface area contributed by atoms with Gasteiger partial charge in [0.15, 0.2) is 0 Å². The van der Waals surface area contributed by atoms with E-state index >= 15 is 0 Å². The minimum atomic E-state index is -3.13. The van der Waals surface area contributed by atoms with Gasteiger partial charge in [-0.3, -0.25) is 4.79 Å². The molecule has 2 fully saturated rings. The van der Waals surface area contributed by atoms with Crippen LogP contribution in [0.1, 0.15) is 49.7 Å². The zero-order chi connectivity index (χ0) is 19.8. The molecule has 2 saturated heterocycles. The Kier molecular flexibility index (Phi) is 5.51. The number of ether oxygens (including phenoxy) is 1. The van der Waals surface area contributed by atoms with Crippen molar-refractivity contribution >= 4 is 15.9 Å². The molecule has 154 valence electrons. The Morgan fingerprint density at radius 3 is 2.50 bits per heavy atom. The number of morpholine rings is 1. The van der Waals surface area contributed by atoms with E-state index in [9.17, 15) is 13.2 Å². The Bertz CT molecular complexity index is 825. The molecule has 0 N–H and O–H groups in total. The maximum Gasteiger partial charge on any atom is 0.223 e. The minimum Gasteiger partial charge on any atom is -0.378 e. The zero-order valence-corrected chi connectivity index (χ0v) is 17.4. The molecule has 1 aromatic rings. The van der Waals surface area contributed by atoms with E-state index in [1.807, 2.05) is 4.90 Å². The molecule has 1 aliphatic carbocycles. The number of hydrogen-bond acceptors (Lipinski definition) is 4. The maximum atomic E-state index is 12.8. The van der Waals surface area contributed by atoms with E-state index in [4.69, 9.17) is 4.74 Å². The third-order valence-corrected chi connectivity index (χ3v) is 8.71. The average molecular weight is 407 g/mol. The smallest absolute Gasteiger partial charge is 0.223 e. The first-order chi connectivity index (χ1) is 13.5. The molecule has 2 aliphatic heterocycles. The first-order valence-electron chi connectivity index (χ1n) is 10.4. The van der Waals surface area contributed by atoms with Crippen LogP contribution in [0.25, 0.3) is 0 Å². The minimum absolute atomic E-state index is 0.00626. The van der Waals surface area contributed by atoms with E-state index in [2.05, 4.69) is 24.3 Å². The lowest BCUT2D eigenvalue weighted by Crippen LogP contribution is -2.45. The summed E-state index contributed by atoms with van der Waals surface area (Å²) in [5.74, 6) is 0.597. The van der Waals surface area contributed by atoms with Crippen LogP contribution >= 0.6 is 0 Å². The van der Waals surface area contributed by atoms with Crippen LogP contribution in [0, 0.1) is 0 Å². The quantitative estimate of drug-likeness (QED) is 0.768. The summed E-state index contributed by atoms with van der Waals surface area (Å²) < 4.78 is 31.5. The van der Waals surface area contributed by atoms with Crippen molar-refractivity contribution in [3.8, 4) is 0 Å². The fourth-order valence-corrected chi connectivity index (χ4v) is 6.31. The molecule has 6 nitrogen and oxygen atoms in total. The number of hydrogen-bond donors (Lipinski definition) is 0. The van der Waals surface area contributed by atoms with Gasteiger partial charge in [0.1, 0.15) is 0 Å². The highest BCUT2D eigenvalue weighted by Gasteiger charge is 2.47. The molecule has 3 aliphatic rings. The fraction of sp³-hybridized carbons (Fsp3) is 0.667. The second kappa shape index (κ2) is 7.76. The highest BCUT2D eigenvalue weighted by Crippen LogP contribution is 2.53. The number of amides is 1. The fourth-order valence-electron chi connectivity index (χ4n) is 5.21. The molecule has 1 aromatic carbocycles. The Labute approximate surface area is 167 Å². The van der Waals surface area contributed by atoms with Crippen LogP contribution in [0.3, 0.4) is 0 Å². The molecule has 28 heavy (non-hydrogen) atoms. The molecule has 0 bridgehead atoms. The molecule has 0 aromatic heterocycles. The van der Waals surface area contributed by atoms with Crippen LogP contribution in [0.4, 0.5) is 0 Å². The SMILES string of the molecule is CCS(=O)(=O)N1CCC2(CC1)CC(CC(=O)N1CCOCC1)c1ccccc12. The lowest BCUT2D eigenvalue weighted by molar-refractivity contribution is -0.135. The van der Waals surface area contributed by atoms with Crippen molar-refractivity contribution < 1.29 is 17.9 Å². The Morgan fingerprint density at radius 1 is 1.14 bits per heavy atom. The number of sulfonamides is 1. The summed E-state index contributed by atoms with van der Waals surface area (Å²) in [6.07, 6.45) is 3.16. The van der Waals surface area contributed by atoms with E-state index in [1.165, 1.54) is 11.1 Å². The molecule has 1 atom stereocenters. The van der Waals surface area contributed by atoms with E-state index in [0.717, 1.165) is 19.3 Å². The van der Waals surface area contributed by atoms with Gasteiger partial charge >= 0.3 is 0 Å². The summed E-state index contributed by atoms with van der Waals surface area (Å²) in [6.45, 7) is 5.48. The van der Waals surface area contributed by atoms with Crippen LogP contribution in [0.2, 0.25) is 0 Å². The highest BCUT2D eigenvalue weighted by molar-refractivity contribution is 7.89. The van der Waals surface area contributed by atoms with Gasteiger partial charge in [-0.1, -0.05) is 24.3 Å². The molecule has 2 heterocycles. The van der Waals surface area contributed by atoms with Crippen molar-refractivity contribution in [2.75, 3.05) is 45.1 Å².